The summed E-state index contributed by atoms with van der Waals surface area (Å²) in [4.78, 5) is 11.1. The molecule has 0 saturated heterocycles. The Bertz CT molecular complexity index is 185. The zero-order valence-corrected chi connectivity index (χ0v) is 9.89. The van der Waals surface area contributed by atoms with Gasteiger partial charge in [-0.1, -0.05) is 12.2 Å². The Morgan fingerprint density at radius 2 is 2.08 bits per heavy atom. The highest BCUT2D eigenvalue weighted by atomic mass is 28.4. The minimum absolute atomic E-state index is 0.149. The molecule has 1 N–H and O–H groups in total. The van der Waals surface area contributed by atoms with Gasteiger partial charge >= 0.3 is 5.97 Å². The quantitative estimate of drug-likeness (QED) is 0.416. The van der Waals surface area contributed by atoms with Crippen LogP contribution in [0.4, 0.5) is 0 Å². The van der Waals surface area contributed by atoms with Crippen molar-refractivity contribution in [3.8, 4) is 0 Å². The minimum Gasteiger partial charge on any atom is -0.519 e. The van der Waals surface area contributed by atoms with Gasteiger partial charge in [0.2, 0.25) is 8.32 Å². The summed E-state index contributed by atoms with van der Waals surface area (Å²) in [6, 6.07) is 0. The van der Waals surface area contributed by atoms with Crippen LogP contribution >= 0.6 is 0 Å². The van der Waals surface area contributed by atoms with Gasteiger partial charge < -0.3 is 9.74 Å². The monoisotopic (exact) mass is 201 g/mol. The molecule has 0 bridgehead atoms. The number of allylic oxidation sites excluding steroid dienone is 1. The van der Waals surface area contributed by atoms with E-state index in [9.17, 15) is 4.79 Å². The number of hydrogen-bond donors (Lipinski definition) is 1. The van der Waals surface area contributed by atoms with E-state index < -0.39 is 8.32 Å². The Hall–Kier alpha value is -0.613. The van der Waals surface area contributed by atoms with Crippen molar-refractivity contribution in [1.29, 1.82) is 0 Å². The third-order valence-electron chi connectivity index (χ3n) is 1.19. The van der Waals surface area contributed by atoms with Crippen LogP contribution in [0.15, 0.2) is 12.2 Å². The molecule has 0 aromatic rings. The van der Waals surface area contributed by atoms with Gasteiger partial charge in [0.1, 0.15) is 0 Å². The van der Waals surface area contributed by atoms with Crippen molar-refractivity contribution < 1.29 is 9.22 Å². The molecule has 4 heteroatoms. The summed E-state index contributed by atoms with van der Waals surface area (Å²) < 4.78 is 5.23. The molecule has 0 aliphatic rings. The zero-order valence-electron chi connectivity index (χ0n) is 8.89. The van der Waals surface area contributed by atoms with Crippen molar-refractivity contribution in [2.45, 2.75) is 26.6 Å². The largest absolute Gasteiger partial charge is 0.519 e. The van der Waals surface area contributed by atoms with Crippen LogP contribution in [0.3, 0.4) is 0 Å². The molecule has 0 atom stereocenters. The third kappa shape index (κ3) is 9.30. The Kier molecular flexibility index (Phi) is 5.66. The highest BCUT2D eigenvalue weighted by Crippen LogP contribution is 2.01. The average molecular weight is 201 g/mol. The average Bonchev–Trinajstić information content (AvgIpc) is 1.94. The summed E-state index contributed by atoms with van der Waals surface area (Å²) in [7, 11) is -1.70. The summed E-state index contributed by atoms with van der Waals surface area (Å²) >= 11 is 0. The maximum atomic E-state index is 11.1. The molecule has 13 heavy (non-hydrogen) atoms. The van der Waals surface area contributed by atoms with Crippen LogP contribution in [-0.2, 0) is 9.22 Å². The van der Waals surface area contributed by atoms with Crippen molar-refractivity contribution >= 4 is 14.3 Å². The molecule has 0 aliphatic carbocycles. The van der Waals surface area contributed by atoms with E-state index in [2.05, 4.69) is 5.32 Å². The van der Waals surface area contributed by atoms with E-state index in [0.717, 1.165) is 6.54 Å². The summed E-state index contributed by atoms with van der Waals surface area (Å²) in [5, 5.41) is 2.97. The van der Waals surface area contributed by atoms with Crippen molar-refractivity contribution in [2.24, 2.45) is 0 Å². The van der Waals surface area contributed by atoms with Crippen molar-refractivity contribution in [3.63, 3.8) is 0 Å². The van der Waals surface area contributed by atoms with Crippen molar-refractivity contribution in [3.05, 3.63) is 12.2 Å². The van der Waals surface area contributed by atoms with Crippen LogP contribution in [0.5, 0.6) is 0 Å². The fraction of sp³-hybridized carbons (Fsp3) is 0.667. The van der Waals surface area contributed by atoms with Gasteiger partial charge in [0.05, 0.1) is 6.54 Å². The molecule has 0 spiro atoms. The van der Waals surface area contributed by atoms with Crippen molar-refractivity contribution in [1.82, 2.24) is 5.32 Å². The molecule has 0 aromatic carbocycles. The van der Waals surface area contributed by atoms with Gasteiger partial charge in [-0.05, 0) is 26.6 Å². The van der Waals surface area contributed by atoms with Gasteiger partial charge in [-0.25, -0.2) is 0 Å². The summed E-state index contributed by atoms with van der Waals surface area (Å²) in [6.07, 6.45) is 3.90. The highest BCUT2D eigenvalue weighted by Gasteiger charge is 2.18. The number of rotatable bonds is 5. The first-order chi connectivity index (χ1) is 5.95. The smallest absolute Gasteiger partial charge is 0.306 e. The lowest BCUT2D eigenvalue weighted by Gasteiger charge is -2.17. The van der Waals surface area contributed by atoms with E-state index in [1.807, 2.05) is 38.7 Å². The highest BCUT2D eigenvalue weighted by molar-refractivity contribution is 6.71. The maximum absolute atomic E-state index is 11.1. The van der Waals surface area contributed by atoms with E-state index >= 15 is 0 Å². The summed E-state index contributed by atoms with van der Waals surface area (Å²) in [6.45, 7) is 8.96. The number of nitrogens with one attached hydrogen (secondary N) is 1. The summed E-state index contributed by atoms with van der Waals surface area (Å²) in [5.41, 5.74) is 0. The van der Waals surface area contributed by atoms with Crippen LogP contribution < -0.4 is 5.32 Å². The molecule has 0 aliphatic heterocycles. The Morgan fingerprint density at radius 3 is 2.54 bits per heavy atom. The van der Waals surface area contributed by atoms with Crippen LogP contribution in [0.2, 0.25) is 19.6 Å². The third-order valence-corrected chi connectivity index (χ3v) is 2.03. The molecule has 0 fully saturated rings. The van der Waals surface area contributed by atoms with Gasteiger partial charge in [0, 0.05) is 6.54 Å². The van der Waals surface area contributed by atoms with Gasteiger partial charge in [0.15, 0.2) is 0 Å². The normalized spacial score (nSPS) is 12.0. The van der Waals surface area contributed by atoms with E-state index in [0.29, 0.717) is 6.54 Å². The van der Waals surface area contributed by atoms with Crippen LogP contribution in [-0.4, -0.2) is 27.4 Å². The standard InChI is InChI=1S/C9H19NO2Si/c1-5-6-7-10-8-9(11)12-13(2,3)4/h5-6,10H,7-8H2,1-4H3/b6-5+. The molecule has 0 amide bonds. The van der Waals surface area contributed by atoms with E-state index in [-0.39, 0.29) is 5.97 Å². The molecular formula is C9H19NO2Si. The Labute approximate surface area is 81.3 Å². The molecule has 0 saturated carbocycles. The van der Waals surface area contributed by atoms with E-state index in [4.69, 9.17) is 4.43 Å². The second-order valence-corrected chi connectivity index (χ2v) is 8.22. The molecule has 0 aromatic heterocycles. The molecule has 0 rings (SSSR count). The van der Waals surface area contributed by atoms with E-state index in [1.165, 1.54) is 0 Å². The zero-order chi connectivity index (χ0) is 10.3. The van der Waals surface area contributed by atoms with Crippen LogP contribution in [0.1, 0.15) is 6.92 Å². The number of carbonyl (C=O) groups excluding carboxylic acids is 1. The lowest BCUT2D eigenvalue weighted by molar-refractivity contribution is -0.134. The van der Waals surface area contributed by atoms with Crippen molar-refractivity contribution in [2.75, 3.05) is 13.1 Å². The molecule has 0 radical (unpaired) electrons. The first-order valence-electron chi connectivity index (χ1n) is 4.49. The second kappa shape index (κ2) is 5.94. The lowest BCUT2D eigenvalue weighted by Crippen LogP contribution is -2.34. The fourth-order valence-electron chi connectivity index (χ4n) is 0.753. The topological polar surface area (TPSA) is 38.3 Å². The number of hydrogen-bond acceptors (Lipinski definition) is 3. The first kappa shape index (κ1) is 12.4. The van der Waals surface area contributed by atoms with Gasteiger partial charge in [-0.2, -0.15) is 0 Å². The maximum Gasteiger partial charge on any atom is 0.306 e. The Morgan fingerprint density at radius 1 is 1.46 bits per heavy atom. The molecule has 3 nitrogen and oxygen atoms in total. The van der Waals surface area contributed by atoms with Gasteiger partial charge in [0.25, 0.3) is 0 Å². The fourth-order valence-corrected chi connectivity index (χ4v) is 1.51. The molecule has 0 unspecified atom stereocenters. The minimum atomic E-state index is -1.70. The predicted molar refractivity (Wildman–Crippen MR) is 57.1 cm³/mol. The molecule has 0 heterocycles. The number of carbonyl (C=O) groups is 1. The SMILES string of the molecule is C/C=C/CNCC(=O)O[Si](C)(C)C. The van der Waals surface area contributed by atoms with Gasteiger partial charge in [-0.3, -0.25) is 4.79 Å². The second-order valence-electron chi connectivity index (χ2n) is 3.79. The summed E-state index contributed by atoms with van der Waals surface area (Å²) in [5.74, 6) is -0.149. The molecular weight excluding hydrogens is 182 g/mol. The van der Waals surface area contributed by atoms with Gasteiger partial charge in [-0.15, -0.1) is 0 Å². The van der Waals surface area contributed by atoms with Crippen LogP contribution in [0.25, 0.3) is 0 Å². The predicted octanol–water partition coefficient (Wildman–Crippen LogP) is 1.53. The molecule has 76 valence electrons. The lowest BCUT2D eigenvalue weighted by atomic mass is 10.5. The first-order valence-corrected chi connectivity index (χ1v) is 7.90. The van der Waals surface area contributed by atoms with E-state index in [1.54, 1.807) is 0 Å². The Balaban J connectivity index is 3.52. The van der Waals surface area contributed by atoms with Crippen LogP contribution in [0, 0.1) is 0 Å².